The van der Waals surface area contributed by atoms with Crippen molar-refractivity contribution < 1.29 is 15.0 Å². The van der Waals surface area contributed by atoms with Crippen LogP contribution in [0.5, 0.6) is 5.75 Å². The summed E-state index contributed by atoms with van der Waals surface area (Å²) >= 11 is 1.53. The molecule has 76 valence electrons. The van der Waals surface area contributed by atoms with Crippen LogP contribution in [0, 0.1) is 0 Å². The van der Waals surface area contributed by atoms with Gasteiger partial charge in [-0.25, -0.2) is 4.79 Å². The number of hydrogen-bond acceptors (Lipinski definition) is 3. The fourth-order valence-electron chi connectivity index (χ4n) is 1.31. The first-order chi connectivity index (χ1) is 7.18. The Hall–Kier alpha value is -1.81. The van der Waals surface area contributed by atoms with Crippen LogP contribution < -0.4 is 5.11 Å². The molecule has 0 amide bonds. The Morgan fingerprint density at radius 3 is 2.60 bits per heavy atom. The zero-order valence-corrected chi connectivity index (χ0v) is 8.45. The molecule has 1 aromatic heterocycles. The van der Waals surface area contributed by atoms with E-state index in [4.69, 9.17) is 5.11 Å². The second-order valence-corrected chi connectivity index (χ2v) is 3.81. The molecule has 0 fully saturated rings. The molecule has 0 aliphatic carbocycles. The second-order valence-electron chi connectivity index (χ2n) is 3.03. The van der Waals surface area contributed by atoms with Crippen molar-refractivity contribution in [3.8, 4) is 16.9 Å². The molecule has 0 bridgehead atoms. The smallest absolute Gasteiger partial charge is 0.335 e. The van der Waals surface area contributed by atoms with Crippen LogP contribution in [0.3, 0.4) is 0 Å². The molecule has 1 aromatic carbocycles. The van der Waals surface area contributed by atoms with Gasteiger partial charge in [0.05, 0.1) is 5.56 Å². The minimum atomic E-state index is -1.18. The molecule has 1 heterocycles. The molecule has 4 heteroatoms. The van der Waals surface area contributed by atoms with Crippen molar-refractivity contribution in [2.75, 3.05) is 0 Å². The van der Waals surface area contributed by atoms with Crippen molar-refractivity contribution in [2.45, 2.75) is 0 Å². The van der Waals surface area contributed by atoms with E-state index in [1.54, 1.807) is 6.07 Å². The minimum absolute atomic E-state index is 0.186. The summed E-state index contributed by atoms with van der Waals surface area (Å²) in [5, 5.41) is 23.9. The van der Waals surface area contributed by atoms with Gasteiger partial charge in [-0.3, -0.25) is 0 Å². The van der Waals surface area contributed by atoms with E-state index in [9.17, 15) is 9.90 Å². The first-order valence-electron chi connectivity index (χ1n) is 4.25. The van der Waals surface area contributed by atoms with Gasteiger partial charge >= 0.3 is 5.97 Å². The van der Waals surface area contributed by atoms with Crippen LogP contribution in [0.15, 0.2) is 35.0 Å². The van der Waals surface area contributed by atoms with Gasteiger partial charge in [0.2, 0.25) is 0 Å². The maximum atomic E-state index is 11.4. The van der Waals surface area contributed by atoms with Gasteiger partial charge in [-0.2, -0.15) is 11.3 Å². The van der Waals surface area contributed by atoms with E-state index in [0.29, 0.717) is 0 Å². The summed E-state index contributed by atoms with van der Waals surface area (Å²) in [6.45, 7) is 0. The predicted octanol–water partition coefficient (Wildman–Crippen LogP) is 2.19. The lowest BCUT2D eigenvalue weighted by Crippen LogP contribution is -2.03. The van der Waals surface area contributed by atoms with Gasteiger partial charge in [0.1, 0.15) is 0 Å². The summed E-state index contributed by atoms with van der Waals surface area (Å²) in [7, 11) is 0. The number of aromatic carboxylic acids is 1. The number of hydrogen-bond donors (Lipinski definition) is 1. The molecule has 2 rings (SSSR count). The van der Waals surface area contributed by atoms with Crippen molar-refractivity contribution in [3.05, 3.63) is 40.6 Å². The van der Waals surface area contributed by atoms with E-state index in [2.05, 4.69) is 0 Å². The number of rotatable bonds is 2. The molecule has 0 saturated carbocycles. The van der Waals surface area contributed by atoms with Gasteiger partial charge in [-0.05, 0) is 34.0 Å². The fourth-order valence-corrected chi connectivity index (χ4v) is 1.97. The summed E-state index contributed by atoms with van der Waals surface area (Å²) in [5.41, 5.74) is 1.51. The van der Waals surface area contributed by atoms with E-state index in [0.717, 1.165) is 11.1 Å². The SMILES string of the molecule is O=C(O)c1ccc(-c2ccsc2)cc1[O-]. The van der Waals surface area contributed by atoms with Crippen LogP contribution in [-0.2, 0) is 0 Å². The minimum Gasteiger partial charge on any atom is -0.872 e. The number of carbonyl (C=O) groups is 1. The Morgan fingerprint density at radius 2 is 2.07 bits per heavy atom. The monoisotopic (exact) mass is 219 g/mol. The largest absolute Gasteiger partial charge is 0.872 e. The second kappa shape index (κ2) is 3.74. The average Bonchev–Trinajstić information content (AvgIpc) is 2.69. The first kappa shape index (κ1) is 9.73. The van der Waals surface area contributed by atoms with Gasteiger partial charge in [0, 0.05) is 0 Å². The van der Waals surface area contributed by atoms with E-state index in [-0.39, 0.29) is 5.56 Å². The number of carboxylic acids is 1. The lowest BCUT2D eigenvalue weighted by Gasteiger charge is -2.11. The Balaban J connectivity index is 2.47. The Kier molecular flexibility index (Phi) is 2.43. The topological polar surface area (TPSA) is 60.4 Å². The molecule has 0 aliphatic rings. The molecule has 1 N–H and O–H groups in total. The average molecular weight is 219 g/mol. The maximum absolute atomic E-state index is 11.4. The predicted molar refractivity (Wildman–Crippen MR) is 56.2 cm³/mol. The van der Waals surface area contributed by atoms with Crippen molar-refractivity contribution >= 4 is 17.3 Å². The van der Waals surface area contributed by atoms with Gasteiger partial charge in [-0.15, -0.1) is 0 Å². The maximum Gasteiger partial charge on any atom is 0.335 e. The molecule has 0 spiro atoms. The molecule has 15 heavy (non-hydrogen) atoms. The zero-order chi connectivity index (χ0) is 10.8. The van der Waals surface area contributed by atoms with Gasteiger partial charge in [-0.1, -0.05) is 17.9 Å². The first-order valence-corrected chi connectivity index (χ1v) is 5.19. The highest BCUT2D eigenvalue weighted by Gasteiger charge is 2.05. The van der Waals surface area contributed by atoms with Crippen LogP contribution in [0.4, 0.5) is 0 Å². The van der Waals surface area contributed by atoms with Crippen molar-refractivity contribution in [3.63, 3.8) is 0 Å². The van der Waals surface area contributed by atoms with Crippen LogP contribution in [0.25, 0.3) is 11.1 Å². The van der Waals surface area contributed by atoms with E-state index < -0.39 is 11.7 Å². The standard InChI is InChI=1S/C11H8O3S/c12-10-5-7(8-3-4-15-6-8)1-2-9(10)11(13)14/h1-6,12H,(H,13,14)/p-1. The quantitative estimate of drug-likeness (QED) is 0.842. The highest BCUT2D eigenvalue weighted by molar-refractivity contribution is 7.08. The number of benzene rings is 1. The third-order valence-electron chi connectivity index (χ3n) is 2.07. The van der Waals surface area contributed by atoms with Gasteiger partial charge < -0.3 is 10.2 Å². The van der Waals surface area contributed by atoms with E-state index >= 15 is 0 Å². The molecule has 3 nitrogen and oxygen atoms in total. The Bertz CT molecular complexity index is 489. The summed E-state index contributed by atoms with van der Waals surface area (Å²) in [6, 6.07) is 6.23. The Labute approximate surface area is 90.2 Å². The molecule has 0 unspecified atom stereocenters. The highest BCUT2D eigenvalue weighted by Crippen LogP contribution is 2.26. The number of thiophene rings is 1. The van der Waals surface area contributed by atoms with Crippen LogP contribution in [-0.4, -0.2) is 11.1 Å². The molecule has 0 atom stereocenters. The fraction of sp³-hybridized carbons (Fsp3) is 0. The lowest BCUT2D eigenvalue weighted by molar-refractivity contribution is -0.268. The lowest BCUT2D eigenvalue weighted by atomic mass is 10.1. The van der Waals surface area contributed by atoms with Crippen LogP contribution in [0.2, 0.25) is 0 Å². The summed E-state index contributed by atoms with van der Waals surface area (Å²) in [4.78, 5) is 10.6. The third-order valence-corrected chi connectivity index (χ3v) is 2.75. The molecular formula is C11H7O3S-. The van der Waals surface area contributed by atoms with Crippen molar-refractivity contribution in [1.29, 1.82) is 0 Å². The number of carboxylic acid groups (broad SMARTS) is 1. The third kappa shape index (κ3) is 1.85. The normalized spacial score (nSPS) is 10.1. The molecule has 0 aliphatic heterocycles. The van der Waals surface area contributed by atoms with Gasteiger partial charge in [0.25, 0.3) is 0 Å². The molecule has 0 radical (unpaired) electrons. The van der Waals surface area contributed by atoms with Crippen molar-refractivity contribution in [1.82, 2.24) is 0 Å². The van der Waals surface area contributed by atoms with Crippen LogP contribution in [0.1, 0.15) is 10.4 Å². The zero-order valence-electron chi connectivity index (χ0n) is 7.64. The van der Waals surface area contributed by atoms with Gasteiger partial charge in [0.15, 0.2) is 0 Å². The van der Waals surface area contributed by atoms with E-state index in [1.807, 2.05) is 16.8 Å². The molecule has 0 saturated heterocycles. The molecule has 2 aromatic rings. The Morgan fingerprint density at radius 1 is 1.27 bits per heavy atom. The summed E-state index contributed by atoms with van der Waals surface area (Å²) < 4.78 is 0. The van der Waals surface area contributed by atoms with Crippen molar-refractivity contribution in [2.24, 2.45) is 0 Å². The van der Waals surface area contributed by atoms with E-state index in [1.165, 1.54) is 23.5 Å². The summed E-state index contributed by atoms with van der Waals surface area (Å²) in [5.74, 6) is -1.64. The summed E-state index contributed by atoms with van der Waals surface area (Å²) in [6.07, 6.45) is 0. The van der Waals surface area contributed by atoms with Crippen LogP contribution >= 0.6 is 11.3 Å². The molecular weight excluding hydrogens is 212 g/mol. The highest BCUT2D eigenvalue weighted by atomic mass is 32.1.